The zero-order valence-electron chi connectivity index (χ0n) is 24.5. The predicted molar refractivity (Wildman–Crippen MR) is 167 cm³/mol. The highest BCUT2D eigenvalue weighted by atomic mass is 35.5. The van der Waals surface area contributed by atoms with Crippen molar-refractivity contribution in [2.45, 2.75) is 56.1 Å². The fourth-order valence-electron chi connectivity index (χ4n) is 8.15. The number of rotatable bonds is 5. The molecule has 0 saturated carbocycles. The molecule has 4 saturated heterocycles. The van der Waals surface area contributed by atoms with Crippen molar-refractivity contribution in [3.8, 4) is 35.2 Å². The Morgan fingerprint density at radius 2 is 1.78 bits per heavy atom. The number of phenols is 1. The number of hydrogen-bond donors (Lipinski definition) is 2. The summed E-state index contributed by atoms with van der Waals surface area (Å²) in [5.74, 6) is -0.505. The van der Waals surface area contributed by atoms with Crippen LogP contribution >= 0.6 is 11.6 Å². The van der Waals surface area contributed by atoms with E-state index in [1.54, 1.807) is 0 Å². The van der Waals surface area contributed by atoms with Crippen LogP contribution in [0.4, 0.5) is 19.0 Å². The van der Waals surface area contributed by atoms with Crippen molar-refractivity contribution in [3.63, 3.8) is 0 Å². The van der Waals surface area contributed by atoms with Crippen LogP contribution in [0, 0.1) is 29.8 Å². The number of aromatic hydroxyl groups is 1. The van der Waals surface area contributed by atoms with E-state index in [-0.39, 0.29) is 61.8 Å². The summed E-state index contributed by atoms with van der Waals surface area (Å²) < 4.78 is 54.5. The molecule has 4 fully saturated rings. The Balaban J connectivity index is 1.34. The van der Waals surface area contributed by atoms with Crippen LogP contribution in [0.15, 0.2) is 24.3 Å². The lowest BCUT2D eigenvalue weighted by Gasteiger charge is -2.35. The highest BCUT2D eigenvalue weighted by molar-refractivity contribution is 6.37. The number of hydrogen-bond acceptors (Lipinski definition) is 7. The summed E-state index contributed by atoms with van der Waals surface area (Å²) in [6.45, 7) is 3.56. The standard InChI is InChI=1S/C34H31ClF3N5O2/c1-2-22-24(36)8-5-18-13-21(44)14-23(25(18)22)26-29(37)28(35)27-31(30(26)38)40-33(45-17-34-9-3-11-43(34)12-4-10-34)41-32(27)42-15-19-6-7-20(16-42)39-19/h1,5,8,13-14,19-20,39,44H,3-4,6-7,9-12,15-17H2. The molecule has 4 aliphatic heterocycles. The predicted octanol–water partition coefficient (Wildman–Crippen LogP) is 6.16. The van der Waals surface area contributed by atoms with E-state index in [0.29, 0.717) is 30.9 Å². The Morgan fingerprint density at radius 1 is 1.04 bits per heavy atom. The summed E-state index contributed by atoms with van der Waals surface area (Å²) >= 11 is 6.78. The van der Waals surface area contributed by atoms with Gasteiger partial charge >= 0.3 is 6.01 Å². The number of ether oxygens (including phenoxy) is 1. The van der Waals surface area contributed by atoms with E-state index in [0.717, 1.165) is 63.7 Å². The maximum atomic E-state index is 16.9. The van der Waals surface area contributed by atoms with Crippen molar-refractivity contribution in [2.75, 3.05) is 37.7 Å². The SMILES string of the molecule is C#Cc1c(F)ccc2cc(O)cc(-c3c(F)c(Cl)c4c(N5CC6CCC(C5)N6)nc(OCC56CCCN5CCC6)nc4c3F)c12. The van der Waals surface area contributed by atoms with E-state index < -0.39 is 23.0 Å². The molecule has 4 aromatic rings. The van der Waals surface area contributed by atoms with Crippen LogP contribution in [-0.2, 0) is 0 Å². The summed E-state index contributed by atoms with van der Waals surface area (Å²) in [6, 6.07) is 5.48. The number of benzene rings is 3. The van der Waals surface area contributed by atoms with Crippen molar-refractivity contribution >= 4 is 39.1 Å². The first-order valence-electron chi connectivity index (χ1n) is 15.5. The summed E-state index contributed by atoms with van der Waals surface area (Å²) in [4.78, 5) is 13.7. The first-order chi connectivity index (χ1) is 21.8. The Kier molecular flexibility index (Phi) is 6.79. The van der Waals surface area contributed by atoms with Gasteiger partial charge in [0.15, 0.2) is 11.6 Å². The highest BCUT2D eigenvalue weighted by Gasteiger charge is 2.45. The average molecular weight is 634 g/mol. The van der Waals surface area contributed by atoms with Crippen LogP contribution in [0.3, 0.4) is 0 Å². The Labute approximate surface area is 263 Å². The monoisotopic (exact) mass is 633 g/mol. The molecule has 0 aliphatic carbocycles. The fourth-order valence-corrected chi connectivity index (χ4v) is 8.42. The third kappa shape index (κ3) is 4.50. The zero-order chi connectivity index (χ0) is 31.0. The Morgan fingerprint density at radius 3 is 2.49 bits per heavy atom. The molecular weight excluding hydrogens is 603 g/mol. The molecule has 8 rings (SSSR count). The average Bonchev–Trinajstić information content (AvgIpc) is 3.72. The van der Waals surface area contributed by atoms with Gasteiger partial charge in [-0.25, -0.2) is 13.2 Å². The first-order valence-corrected chi connectivity index (χ1v) is 15.8. The van der Waals surface area contributed by atoms with Crippen molar-refractivity contribution < 1.29 is 23.0 Å². The molecule has 7 nitrogen and oxygen atoms in total. The molecule has 2 N–H and O–H groups in total. The molecule has 4 aliphatic rings. The van der Waals surface area contributed by atoms with Gasteiger partial charge in [-0.3, -0.25) is 4.90 Å². The molecule has 232 valence electrons. The number of terminal acetylenes is 1. The molecule has 0 amide bonds. The van der Waals surface area contributed by atoms with E-state index in [1.165, 1.54) is 12.1 Å². The maximum absolute atomic E-state index is 16.9. The second-order valence-corrected chi connectivity index (χ2v) is 13.2. The van der Waals surface area contributed by atoms with Gasteiger partial charge in [-0.2, -0.15) is 9.97 Å². The minimum Gasteiger partial charge on any atom is -0.508 e. The second kappa shape index (κ2) is 10.6. The molecule has 3 aromatic carbocycles. The molecule has 45 heavy (non-hydrogen) atoms. The van der Waals surface area contributed by atoms with Gasteiger partial charge in [0.2, 0.25) is 0 Å². The van der Waals surface area contributed by atoms with Gasteiger partial charge in [0, 0.05) is 36.1 Å². The number of aromatic nitrogens is 2. The summed E-state index contributed by atoms with van der Waals surface area (Å²) in [6.07, 6.45) is 11.8. The van der Waals surface area contributed by atoms with Crippen LogP contribution in [0.5, 0.6) is 11.8 Å². The van der Waals surface area contributed by atoms with Crippen LogP contribution < -0.4 is 15.0 Å². The van der Waals surface area contributed by atoms with Gasteiger partial charge in [0.25, 0.3) is 0 Å². The summed E-state index contributed by atoms with van der Waals surface area (Å²) in [7, 11) is 0. The van der Waals surface area contributed by atoms with Crippen LogP contribution in [0.1, 0.15) is 44.1 Å². The molecular formula is C34H31ClF3N5O2. The second-order valence-electron chi connectivity index (χ2n) is 12.8. The van der Waals surface area contributed by atoms with Gasteiger partial charge in [-0.1, -0.05) is 23.6 Å². The smallest absolute Gasteiger partial charge is 0.319 e. The van der Waals surface area contributed by atoms with Gasteiger partial charge in [0.05, 0.1) is 27.1 Å². The maximum Gasteiger partial charge on any atom is 0.319 e. The molecule has 2 unspecified atom stereocenters. The number of nitrogens with zero attached hydrogens (tertiary/aromatic N) is 4. The molecule has 11 heteroatoms. The third-order valence-corrected chi connectivity index (χ3v) is 10.5. The van der Waals surface area contributed by atoms with Crippen molar-refractivity contribution in [1.29, 1.82) is 0 Å². The van der Waals surface area contributed by atoms with Crippen molar-refractivity contribution in [2.24, 2.45) is 0 Å². The number of phenolic OH excluding ortho intramolecular Hbond substituents is 1. The molecule has 0 radical (unpaired) electrons. The third-order valence-electron chi connectivity index (χ3n) is 10.2. The largest absolute Gasteiger partial charge is 0.508 e. The summed E-state index contributed by atoms with van der Waals surface area (Å²) in [5, 5.41) is 14.2. The molecule has 2 bridgehead atoms. The van der Waals surface area contributed by atoms with Crippen LogP contribution in [0.25, 0.3) is 32.8 Å². The first kappa shape index (κ1) is 28.7. The molecule has 5 heterocycles. The number of anilines is 1. The highest BCUT2D eigenvalue weighted by Crippen LogP contribution is 2.46. The summed E-state index contributed by atoms with van der Waals surface area (Å²) in [5.41, 5.74) is -1.20. The van der Waals surface area contributed by atoms with E-state index in [9.17, 15) is 9.50 Å². The lowest BCUT2D eigenvalue weighted by molar-refractivity contribution is 0.108. The van der Waals surface area contributed by atoms with Gasteiger partial charge < -0.3 is 20.1 Å². The normalized spacial score (nSPS) is 22.3. The zero-order valence-corrected chi connectivity index (χ0v) is 25.2. The number of halogens is 4. The molecule has 2 atom stereocenters. The van der Waals surface area contributed by atoms with E-state index >= 15 is 8.78 Å². The lowest BCUT2D eigenvalue weighted by Crippen LogP contribution is -2.51. The van der Waals surface area contributed by atoms with E-state index in [4.69, 9.17) is 27.7 Å². The van der Waals surface area contributed by atoms with Gasteiger partial charge in [0.1, 0.15) is 29.5 Å². The minimum absolute atomic E-state index is 0.0137. The van der Waals surface area contributed by atoms with Gasteiger partial charge in [-0.15, -0.1) is 6.42 Å². The lowest BCUT2D eigenvalue weighted by atomic mass is 9.92. The number of nitrogens with one attached hydrogen (secondary N) is 1. The van der Waals surface area contributed by atoms with Crippen LogP contribution in [-0.4, -0.2) is 70.4 Å². The van der Waals surface area contributed by atoms with E-state index in [2.05, 4.69) is 21.1 Å². The van der Waals surface area contributed by atoms with Gasteiger partial charge in [-0.05, 0) is 75.2 Å². The number of piperazine rings is 1. The van der Waals surface area contributed by atoms with Crippen LogP contribution in [0.2, 0.25) is 5.02 Å². The fraction of sp³-hybridized carbons (Fsp3) is 0.412. The van der Waals surface area contributed by atoms with E-state index in [1.807, 2.05) is 4.90 Å². The Bertz CT molecular complexity index is 1910. The topological polar surface area (TPSA) is 73.8 Å². The number of fused-ring (bicyclic) bond motifs is 5. The van der Waals surface area contributed by atoms with Crippen molar-refractivity contribution in [3.05, 3.63) is 52.3 Å². The minimum atomic E-state index is -1.08. The quantitative estimate of drug-likeness (QED) is 0.202. The van der Waals surface area contributed by atoms with Crippen molar-refractivity contribution in [1.82, 2.24) is 20.2 Å². The molecule has 0 spiro atoms. The molecule has 1 aromatic heterocycles. The Hall–Kier alpha value is -3.78.